The molecule has 2 aromatic rings. The number of benzene rings is 1. The molecular weight excluding hydrogens is 296 g/mol. The molecule has 1 aliphatic rings. The standard InChI is InChI=1S/C17H18N2O4/c1-22-15-7-3-2-6-14(15)19-17(21)13-9-12(13)16(20)18-10-11-5-4-8-23-11/h2-8,12-13H,9-10H2,1H3,(H,18,20)(H,19,21). The molecule has 0 saturated heterocycles. The topological polar surface area (TPSA) is 80.6 Å². The van der Waals surface area contributed by atoms with Gasteiger partial charge in [0.25, 0.3) is 0 Å². The summed E-state index contributed by atoms with van der Waals surface area (Å²) >= 11 is 0. The van der Waals surface area contributed by atoms with Crippen LogP contribution in [0.15, 0.2) is 47.1 Å². The second kappa shape index (κ2) is 6.56. The predicted molar refractivity (Wildman–Crippen MR) is 83.8 cm³/mol. The summed E-state index contributed by atoms with van der Waals surface area (Å²) in [5.41, 5.74) is 0.613. The zero-order valence-electron chi connectivity index (χ0n) is 12.7. The van der Waals surface area contributed by atoms with Crippen molar-refractivity contribution in [3.8, 4) is 5.75 Å². The zero-order chi connectivity index (χ0) is 16.2. The van der Waals surface area contributed by atoms with Gasteiger partial charge in [0, 0.05) is 0 Å². The summed E-state index contributed by atoms with van der Waals surface area (Å²) in [5.74, 6) is 0.430. The van der Waals surface area contributed by atoms with Gasteiger partial charge < -0.3 is 19.8 Å². The number of rotatable bonds is 6. The lowest BCUT2D eigenvalue weighted by atomic mass is 10.2. The molecule has 1 fully saturated rings. The number of ether oxygens (including phenoxy) is 1. The molecule has 0 bridgehead atoms. The van der Waals surface area contributed by atoms with E-state index in [0.717, 1.165) is 0 Å². The van der Waals surface area contributed by atoms with Crippen LogP contribution in [-0.4, -0.2) is 18.9 Å². The van der Waals surface area contributed by atoms with E-state index in [1.165, 1.54) is 0 Å². The predicted octanol–water partition coefficient (Wildman–Crippen LogP) is 2.18. The highest BCUT2D eigenvalue weighted by atomic mass is 16.5. The summed E-state index contributed by atoms with van der Waals surface area (Å²) in [4.78, 5) is 24.3. The van der Waals surface area contributed by atoms with Gasteiger partial charge in [-0.15, -0.1) is 0 Å². The Labute approximate surface area is 133 Å². The highest BCUT2D eigenvalue weighted by Gasteiger charge is 2.48. The molecular formula is C17H18N2O4. The molecule has 1 aromatic carbocycles. The van der Waals surface area contributed by atoms with Gasteiger partial charge in [0.1, 0.15) is 11.5 Å². The Balaban J connectivity index is 1.51. The molecule has 1 saturated carbocycles. The Morgan fingerprint density at radius 1 is 1.17 bits per heavy atom. The van der Waals surface area contributed by atoms with Crippen molar-refractivity contribution in [2.45, 2.75) is 13.0 Å². The third-order valence-electron chi connectivity index (χ3n) is 3.85. The first-order valence-electron chi connectivity index (χ1n) is 7.43. The van der Waals surface area contributed by atoms with E-state index >= 15 is 0 Å². The molecule has 0 radical (unpaired) electrons. The molecule has 2 N–H and O–H groups in total. The van der Waals surface area contributed by atoms with Crippen molar-refractivity contribution in [1.29, 1.82) is 0 Å². The lowest BCUT2D eigenvalue weighted by molar-refractivity contribution is -0.125. The molecule has 0 aliphatic heterocycles. The van der Waals surface area contributed by atoms with Crippen LogP contribution in [0.25, 0.3) is 0 Å². The van der Waals surface area contributed by atoms with Crippen LogP contribution < -0.4 is 15.4 Å². The van der Waals surface area contributed by atoms with Crippen LogP contribution in [-0.2, 0) is 16.1 Å². The lowest BCUT2D eigenvalue weighted by Gasteiger charge is -2.09. The van der Waals surface area contributed by atoms with Crippen molar-refractivity contribution >= 4 is 17.5 Å². The molecule has 1 heterocycles. The zero-order valence-corrected chi connectivity index (χ0v) is 12.7. The monoisotopic (exact) mass is 314 g/mol. The van der Waals surface area contributed by atoms with Gasteiger partial charge in [-0.2, -0.15) is 0 Å². The van der Waals surface area contributed by atoms with Gasteiger partial charge >= 0.3 is 0 Å². The molecule has 1 aromatic heterocycles. The fourth-order valence-electron chi connectivity index (χ4n) is 2.47. The van der Waals surface area contributed by atoms with Crippen LogP contribution >= 0.6 is 0 Å². The maximum atomic E-state index is 12.2. The molecule has 120 valence electrons. The van der Waals surface area contributed by atoms with Crippen molar-refractivity contribution in [1.82, 2.24) is 5.32 Å². The summed E-state index contributed by atoms with van der Waals surface area (Å²) in [7, 11) is 1.55. The van der Waals surface area contributed by atoms with Crippen LogP contribution in [0, 0.1) is 11.8 Å². The highest BCUT2D eigenvalue weighted by Crippen LogP contribution is 2.40. The number of furan rings is 1. The van der Waals surface area contributed by atoms with Crippen molar-refractivity contribution in [3.63, 3.8) is 0 Å². The average molecular weight is 314 g/mol. The van der Waals surface area contributed by atoms with Crippen LogP contribution in [0.5, 0.6) is 5.75 Å². The van der Waals surface area contributed by atoms with E-state index in [2.05, 4.69) is 10.6 Å². The number of methoxy groups -OCH3 is 1. The second-order valence-corrected chi connectivity index (χ2v) is 5.44. The van der Waals surface area contributed by atoms with E-state index in [9.17, 15) is 9.59 Å². The SMILES string of the molecule is COc1ccccc1NC(=O)C1CC1C(=O)NCc1ccco1. The molecule has 3 rings (SSSR count). The number of anilines is 1. The minimum atomic E-state index is -0.295. The highest BCUT2D eigenvalue weighted by molar-refractivity contribution is 6.00. The second-order valence-electron chi connectivity index (χ2n) is 5.44. The van der Waals surface area contributed by atoms with E-state index in [0.29, 0.717) is 30.2 Å². The van der Waals surface area contributed by atoms with Gasteiger partial charge in [0.2, 0.25) is 11.8 Å². The Morgan fingerprint density at radius 2 is 1.96 bits per heavy atom. The van der Waals surface area contributed by atoms with E-state index in [4.69, 9.17) is 9.15 Å². The maximum absolute atomic E-state index is 12.2. The number of amides is 2. The summed E-state index contributed by atoms with van der Waals surface area (Å²) in [6.45, 7) is 0.336. The minimum absolute atomic E-state index is 0.124. The first-order valence-corrected chi connectivity index (χ1v) is 7.43. The molecule has 2 amide bonds. The van der Waals surface area contributed by atoms with Crippen molar-refractivity contribution in [3.05, 3.63) is 48.4 Å². The summed E-state index contributed by atoms with van der Waals surface area (Å²) in [5, 5.41) is 5.60. The van der Waals surface area contributed by atoms with Gasteiger partial charge in [-0.25, -0.2) is 0 Å². The lowest BCUT2D eigenvalue weighted by Crippen LogP contribution is -2.26. The number of carbonyl (C=O) groups is 2. The van der Waals surface area contributed by atoms with Gasteiger partial charge in [0.05, 0.1) is 37.4 Å². The van der Waals surface area contributed by atoms with Crippen LogP contribution in [0.3, 0.4) is 0 Å². The van der Waals surface area contributed by atoms with Crippen LogP contribution in [0.2, 0.25) is 0 Å². The largest absolute Gasteiger partial charge is 0.495 e. The first-order chi connectivity index (χ1) is 11.2. The number of hydrogen-bond acceptors (Lipinski definition) is 4. The van der Waals surface area contributed by atoms with Gasteiger partial charge in [0.15, 0.2) is 0 Å². The van der Waals surface area contributed by atoms with E-state index in [-0.39, 0.29) is 23.7 Å². The number of para-hydroxylation sites is 2. The summed E-state index contributed by atoms with van der Waals surface area (Å²) < 4.78 is 10.4. The normalized spacial score (nSPS) is 19.0. The van der Waals surface area contributed by atoms with Crippen molar-refractivity contribution in [2.75, 3.05) is 12.4 Å². The minimum Gasteiger partial charge on any atom is -0.495 e. The molecule has 2 unspecified atom stereocenters. The Bertz CT molecular complexity index is 696. The first kappa shape index (κ1) is 15.1. The number of carbonyl (C=O) groups excluding carboxylic acids is 2. The number of hydrogen-bond donors (Lipinski definition) is 2. The summed E-state index contributed by atoms with van der Waals surface area (Å²) in [6.07, 6.45) is 2.12. The molecule has 23 heavy (non-hydrogen) atoms. The Morgan fingerprint density at radius 3 is 2.70 bits per heavy atom. The fourth-order valence-corrected chi connectivity index (χ4v) is 2.47. The molecule has 0 spiro atoms. The molecule has 2 atom stereocenters. The third kappa shape index (κ3) is 3.53. The number of nitrogens with one attached hydrogen (secondary N) is 2. The Hall–Kier alpha value is -2.76. The van der Waals surface area contributed by atoms with Gasteiger partial charge in [-0.05, 0) is 30.7 Å². The molecule has 1 aliphatic carbocycles. The fraction of sp³-hybridized carbons (Fsp3) is 0.294. The Kier molecular flexibility index (Phi) is 4.32. The van der Waals surface area contributed by atoms with E-state index < -0.39 is 0 Å². The van der Waals surface area contributed by atoms with Crippen molar-refractivity contribution < 1.29 is 18.7 Å². The van der Waals surface area contributed by atoms with E-state index in [1.807, 2.05) is 12.1 Å². The third-order valence-corrected chi connectivity index (χ3v) is 3.85. The quantitative estimate of drug-likeness (QED) is 0.856. The smallest absolute Gasteiger partial charge is 0.228 e. The van der Waals surface area contributed by atoms with Gasteiger partial charge in [-0.3, -0.25) is 9.59 Å². The molecule has 6 nitrogen and oxygen atoms in total. The van der Waals surface area contributed by atoms with Gasteiger partial charge in [-0.1, -0.05) is 12.1 Å². The maximum Gasteiger partial charge on any atom is 0.228 e. The van der Waals surface area contributed by atoms with E-state index in [1.54, 1.807) is 37.6 Å². The summed E-state index contributed by atoms with van der Waals surface area (Å²) in [6, 6.07) is 10.7. The van der Waals surface area contributed by atoms with Crippen molar-refractivity contribution in [2.24, 2.45) is 11.8 Å². The van der Waals surface area contributed by atoms with Crippen LogP contribution in [0.4, 0.5) is 5.69 Å². The average Bonchev–Trinajstić information content (AvgIpc) is 3.21. The molecule has 6 heteroatoms. The van der Waals surface area contributed by atoms with Crippen LogP contribution in [0.1, 0.15) is 12.2 Å².